The molecule has 0 atom stereocenters. The quantitative estimate of drug-likeness (QED) is 0.410. The number of carbonyl (C=O) groups is 2. The molecule has 4 nitrogen and oxygen atoms in total. The Morgan fingerprint density at radius 3 is 2.54 bits per heavy atom. The molecule has 0 heterocycles. The number of benzene rings is 2. The zero-order valence-electron chi connectivity index (χ0n) is 14.1. The Labute approximate surface area is 161 Å². The zero-order chi connectivity index (χ0) is 18.8. The Balaban J connectivity index is 2.18. The summed E-state index contributed by atoms with van der Waals surface area (Å²) in [6, 6.07) is 16.6. The number of nitrogens with one attached hydrogen (secondary N) is 2. The Morgan fingerprint density at radius 2 is 1.85 bits per heavy atom. The number of rotatable bonds is 7. The van der Waals surface area contributed by atoms with Gasteiger partial charge < -0.3 is 10.6 Å². The van der Waals surface area contributed by atoms with Crippen molar-refractivity contribution in [2.75, 3.05) is 6.54 Å². The topological polar surface area (TPSA) is 58.2 Å². The van der Waals surface area contributed by atoms with Crippen LogP contribution in [0.25, 0.3) is 6.08 Å². The van der Waals surface area contributed by atoms with E-state index in [-0.39, 0.29) is 17.5 Å². The molecule has 26 heavy (non-hydrogen) atoms. The van der Waals surface area contributed by atoms with Crippen molar-refractivity contribution < 1.29 is 9.59 Å². The van der Waals surface area contributed by atoms with Crippen molar-refractivity contribution in [2.24, 2.45) is 0 Å². The SMILES string of the molecule is C=CCNC(=O)/C(=C/C=C/c1ccccc1)NC(=O)c1cccc(Br)c1. The van der Waals surface area contributed by atoms with Crippen LogP contribution in [-0.2, 0) is 4.79 Å². The standard InChI is InChI=1S/C21H19BrN2O2/c1-2-14-23-21(26)19(13-6-10-16-8-4-3-5-9-16)24-20(25)17-11-7-12-18(22)15-17/h2-13,15H,1,14H2,(H,23,26)(H,24,25)/b10-6+,19-13-. The van der Waals surface area contributed by atoms with E-state index in [1.165, 1.54) is 0 Å². The van der Waals surface area contributed by atoms with Crippen molar-refractivity contribution in [3.8, 4) is 0 Å². The molecule has 0 fully saturated rings. The summed E-state index contributed by atoms with van der Waals surface area (Å²) >= 11 is 3.33. The van der Waals surface area contributed by atoms with Crippen LogP contribution < -0.4 is 10.6 Å². The summed E-state index contributed by atoms with van der Waals surface area (Å²) in [5.41, 5.74) is 1.60. The van der Waals surface area contributed by atoms with Gasteiger partial charge in [0.05, 0.1) is 0 Å². The molecular weight excluding hydrogens is 392 g/mol. The molecule has 2 aromatic carbocycles. The lowest BCUT2D eigenvalue weighted by Gasteiger charge is -2.09. The summed E-state index contributed by atoms with van der Waals surface area (Å²) in [7, 11) is 0. The average molecular weight is 411 g/mol. The van der Waals surface area contributed by atoms with Crippen LogP contribution in [0.2, 0.25) is 0 Å². The molecule has 0 aliphatic carbocycles. The molecule has 2 aromatic rings. The summed E-state index contributed by atoms with van der Waals surface area (Å²) in [6.07, 6.45) is 6.72. The summed E-state index contributed by atoms with van der Waals surface area (Å²) in [4.78, 5) is 24.7. The van der Waals surface area contributed by atoms with Gasteiger partial charge in [-0.25, -0.2) is 0 Å². The lowest BCUT2D eigenvalue weighted by molar-refractivity contribution is -0.117. The molecule has 0 saturated heterocycles. The number of hydrogen-bond donors (Lipinski definition) is 2. The lowest BCUT2D eigenvalue weighted by Crippen LogP contribution is -2.35. The first kappa shape index (κ1) is 19.4. The normalized spacial score (nSPS) is 11.2. The van der Waals surface area contributed by atoms with Crippen molar-refractivity contribution in [1.82, 2.24) is 10.6 Å². The molecule has 0 saturated carbocycles. The highest BCUT2D eigenvalue weighted by Crippen LogP contribution is 2.12. The van der Waals surface area contributed by atoms with Crippen LogP contribution in [0.4, 0.5) is 0 Å². The fraction of sp³-hybridized carbons (Fsp3) is 0.0476. The van der Waals surface area contributed by atoms with E-state index in [1.54, 1.807) is 36.4 Å². The van der Waals surface area contributed by atoms with Crippen LogP contribution in [0.15, 0.2) is 89.6 Å². The van der Waals surface area contributed by atoms with Gasteiger partial charge in [-0.2, -0.15) is 0 Å². The van der Waals surface area contributed by atoms with Gasteiger partial charge in [0.15, 0.2) is 0 Å². The highest BCUT2D eigenvalue weighted by molar-refractivity contribution is 9.10. The molecule has 0 aliphatic rings. The predicted octanol–water partition coefficient (Wildman–Crippen LogP) is 4.08. The highest BCUT2D eigenvalue weighted by atomic mass is 79.9. The Morgan fingerprint density at radius 1 is 1.08 bits per heavy atom. The molecule has 0 unspecified atom stereocenters. The van der Waals surface area contributed by atoms with Crippen LogP contribution in [-0.4, -0.2) is 18.4 Å². The summed E-state index contributed by atoms with van der Waals surface area (Å²) < 4.78 is 0.788. The Bertz CT molecular complexity index is 842. The fourth-order valence-corrected chi connectivity index (χ4v) is 2.48. The number of carbonyl (C=O) groups excluding carboxylic acids is 2. The molecule has 0 spiro atoms. The molecular formula is C21H19BrN2O2. The first-order valence-electron chi connectivity index (χ1n) is 7.99. The third-order valence-corrected chi connectivity index (χ3v) is 3.83. The second-order valence-corrected chi connectivity index (χ2v) is 6.23. The summed E-state index contributed by atoms with van der Waals surface area (Å²) in [5.74, 6) is -0.745. The summed E-state index contributed by atoms with van der Waals surface area (Å²) in [6.45, 7) is 3.88. The molecule has 5 heteroatoms. The van der Waals surface area contributed by atoms with E-state index in [4.69, 9.17) is 0 Å². The first-order chi connectivity index (χ1) is 12.6. The molecule has 2 rings (SSSR count). The molecule has 0 aliphatic heterocycles. The maximum Gasteiger partial charge on any atom is 0.268 e. The van der Waals surface area contributed by atoms with Gasteiger partial charge in [-0.15, -0.1) is 6.58 Å². The molecule has 0 aromatic heterocycles. The minimum atomic E-state index is -0.383. The average Bonchev–Trinajstić information content (AvgIpc) is 2.66. The van der Waals surface area contributed by atoms with Crippen molar-refractivity contribution in [3.05, 3.63) is 101 Å². The number of hydrogen-bond acceptors (Lipinski definition) is 2. The van der Waals surface area contributed by atoms with Crippen molar-refractivity contribution in [2.45, 2.75) is 0 Å². The summed E-state index contributed by atoms with van der Waals surface area (Å²) in [5, 5.41) is 5.33. The maximum absolute atomic E-state index is 12.4. The predicted molar refractivity (Wildman–Crippen MR) is 108 cm³/mol. The van der Waals surface area contributed by atoms with Crippen LogP contribution in [0.3, 0.4) is 0 Å². The molecule has 0 radical (unpaired) electrons. The number of amides is 2. The zero-order valence-corrected chi connectivity index (χ0v) is 15.7. The van der Waals surface area contributed by atoms with E-state index < -0.39 is 0 Å². The van der Waals surface area contributed by atoms with E-state index in [1.807, 2.05) is 42.5 Å². The van der Waals surface area contributed by atoms with Crippen molar-refractivity contribution >= 4 is 33.8 Å². The number of allylic oxidation sites excluding steroid dienone is 2. The van der Waals surface area contributed by atoms with Crippen LogP contribution in [0.5, 0.6) is 0 Å². The van der Waals surface area contributed by atoms with E-state index in [2.05, 4.69) is 33.1 Å². The molecule has 0 bridgehead atoms. The Hall–Kier alpha value is -2.92. The molecule has 132 valence electrons. The monoisotopic (exact) mass is 410 g/mol. The highest BCUT2D eigenvalue weighted by Gasteiger charge is 2.13. The second-order valence-electron chi connectivity index (χ2n) is 5.31. The number of halogens is 1. The fourth-order valence-electron chi connectivity index (χ4n) is 2.08. The Kier molecular flexibility index (Phi) is 7.58. The van der Waals surface area contributed by atoms with E-state index in [0.717, 1.165) is 10.0 Å². The van der Waals surface area contributed by atoms with Crippen molar-refractivity contribution in [3.63, 3.8) is 0 Å². The van der Waals surface area contributed by atoms with Crippen molar-refractivity contribution in [1.29, 1.82) is 0 Å². The smallest absolute Gasteiger partial charge is 0.268 e. The van der Waals surface area contributed by atoms with Gasteiger partial charge in [-0.3, -0.25) is 9.59 Å². The first-order valence-corrected chi connectivity index (χ1v) is 8.79. The van der Waals surface area contributed by atoms with E-state index >= 15 is 0 Å². The van der Waals surface area contributed by atoms with Gasteiger partial charge in [-0.1, -0.05) is 70.6 Å². The maximum atomic E-state index is 12.4. The van der Waals surface area contributed by atoms with Crippen LogP contribution in [0, 0.1) is 0 Å². The second kappa shape index (κ2) is 10.2. The molecule has 2 amide bonds. The van der Waals surface area contributed by atoms with Gasteiger partial charge in [0, 0.05) is 16.6 Å². The van der Waals surface area contributed by atoms with Gasteiger partial charge in [0.1, 0.15) is 5.70 Å². The van der Waals surface area contributed by atoms with Crippen LogP contribution >= 0.6 is 15.9 Å². The van der Waals surface area contributed by atoms with Gasteiger partial charge >= 0.3 is 0 Å². The van der Waals surface area contributed by atoms with E-state index in [9.17, 15) is 9.59 Å². The minimum absolute atomic E-state index is 0.156. The lowest BCUT2D eigenvalue weighted by atomic mass is 10.2. The largest absolute Gasteiger partial charge is 0.347 e. The van der Waals surface area contributed by atoms with Gasteiger partial charge in [0.2, 0.25) is 0 Å². The van der Waals surface area contributed by atoms with Crippen LogP contribution in [0.1, 0.15) is 15.9 Å². The van der Waals surface area contributed by atoms with Gasteiger partial charge in [-0.05, 0) is 29.8 Å². The van der Waals surface area contributed by atoms with E-state index in [0.29, 0.717) is 12.1 Å². The third-order valence-electron chi connectivity index (χ3n) is 3.34. The molecule has 2 N–H and O–H groups in total. The minimum Gasteiger partial charge on any atom is -0.347 e. The van der Waals surface area contributed by atoms with Gasteiger partial charge in [0.25, 0.3) is 11.8 Å². The third kappa shape index (κ3) is 6.18.